The third-order valence-corrected chi connectivity index (χ3v) is 5.72. The average Bonchev–Trinajstić information content (AvgIpc) is 3.05. The van der Waals surface area contributed by atoms with Crippen LogP contribution < -0.4 is 5.32 Å². The Morgan fingerprint density at radius 1 is 1.21 bits per heavy atom. The minimum atomic E-state index is -0.666. The van der Waals surface area contributed by atoms with Crippen LogP contribution in [0.4, 0.5) is 0 Å². The highest BCUT2D eigenvalue weighted by Gasteiger charge is 2.49. The molecule has 1 aromatic carbocycles. The minimum absolute atomic E-state index is 0.0332. The van der Waals surface area contributed by atoms with Crippen molar-refractivity contribution in [3.8, 4) is 0 Å². The molecule has 1 atom stereocenters. The SMILES string of the molecule is Cc1ccc(CNC(=O)C2(C)CCN2C(=O)CC2CCCC2)cc1. The summed E-state index contributed by atoms with van der Waals surface area (Å²) in [5.74, 6) is 0.646. The topological polar surface area (TPSA) is 49.4 Å². The summed E-state index contributed by atoms with van der Waals surface area (Å²) < 4.78 is 0. The summed E-state index contributed by atoms with van der Waals surface area (Å²) in [7, 11) is 0. The Bertz CT molecular complexity index is 605. The number of benzene rings is 1. The first kappa shape index (κ1) is 17.0. The molecule has 130 valence electrons. The zero-order valence-electron chi connectivity index (χ0n) is 14.8. The first-order chi connectivity index (χ1) is 11.5. The van der Waals surface area contributed by atoms with Gasteiger partial charge in [0.1, 0.15) is 5.54 Å². The van der Waals surface area contributed by atoms with Gasteiger partial charge in [0.15, 0.2) is 0 Å². The van der Waals surface area contributed by atoms with Gasteiger partial charge in [-0.05, 0) is 44.6 Å². The summed E-state index contributed by atoms with van der Waals surface area (Å²) >= 11 is 0. The van der Waals surface area contributed by atoms with Crippen LogP contribution in [0.15, 0.2) is 24.3 Å². The molecule has 4 nitrogen and oxygen atoms in total. The van der Waals surface area contributed by atoms with E-state index in [2.05, 4.69) is 5.32 Å². The molecule has 0 radical (unpaired) electrons. The van der Waals surface area contributed by atoms with E-state index >= 15 is 0 Å². The highest BCUT2D eigenvalue weighted by Crippen LogP contribution is 2.34. The van der Waals surface area contributed by atoms with E-state index < -0.39 is 5.54 Å². The number of amides is 2. The molecule has 1 aliphatic heterocycles. The van der Waals surface area contributed by atoms with Crippen molar-refractivity contribution >= 4 is 11.8 Å². The molecule has 1 N–H and O–H groups in total. The second-order valence-corrected chi connectivity index (χ2v) is 7.59. The molecule has 2 fully saturated rings. The zero-order valence-corrected chi connectivity index (χ0v) is 14.8. The lowest BCUT2D eigenvalue weighted by Gasteiger charge is -2.49. The average molecular weight is 328 g/mol. The number of hydrogen-bond donors (Lipinski definition) is 1. The van der Waals surface area contributed by atoms with Gasteiger partial charge in [0.25, 0.3) is 0 Å². The summed E-state index contributed by atoms with van der Waals surface area (Å²) in [5.41, 5.74) is 1.63. The van der Waals surface area contributed by atoms with E-state index in [0.717, 1.165) is 24.8 Å². The molecule has 24 heavy (non-hydrogen) atoms. The van der Waals surface area contributed by atoms with E-state index in [-0.39, 0.29) is 11.8 Å². The number of nitrogens with zero attached hydrogens (tertiary/aromatic N) is 1. The van der Waals surface area contributed by atoms with Crippen molar-refractivity contribution in [3.63, 3.8) is 0 Å². The van der Waals surface area contributed by atoms with E-state index in [9.17, 15) is 9.59 Å². The Morgan fingerprint density at radius 3 is 2.46 bits per heavy atom. The van der Waals surface area contributed by atoms with Gasteiger partial charge in [-0.2, -0.15) is 0 Å². The van der Waals surface area contributed by atoms with Crippen molar-refractivity contribution in [3.05, 3.63) is 35.4 Å². The number of carbonyl (C=O) groups excluding carboxylic acids is 2. The Hall–Kier alpha value is -1.84. The molecular weight excluding hydrogens is 300 g/mol. The number of hydrogen-bond acceptors (Lipinski definition) is 2. The van der Waals surface area contributed by atoms with E-state index in [1.165, 1.54) is 18.4 Å². The molecular formula is C20H28N2O2. The van der Waals surface area contributed by atoms with Gasteiger partial charge in [-0.1, -0.05) is 42.7 Å². The molecule has 4 heteroatoms. The van der Waals surface area contributed by atoms with Crippen LogP contribution in [0.1, 0.15) is 56.6 Å². The standard InChI is InChI=1S/C20H28N2O2/c1-15-7-9-17(10-8-15)14-21-19(24)20(2)11-12-22(20)18(23)13-16-5-3-4-6-16/h7-10,16H,3-6,11-14H2,1-2H3,(H,21,24). The van der Waals surface area contributed by atoms with Gasteiger partial charge in [-0.25, -0.2) is 0 Å². The van der Waals surface area contributed by atoms with Gasteiger partial charge in [0, 0.05) is 19.5 Å². The summed E-state index contributed by atoms with van der Waals surface area (Å²) in [6.07, 6.45) is 6.17. The van der Waals surface area contributed by atoms with Crippen molar-refractivity contribution in [2.24, 2.45) is 5.92 Å². The fraction of sp³-hybridized carbons (Fsp3) is 0.600. The van der Waals surface area contributed by atoms with Gasteiger partial charge < -0.3 is 10.2 Å². The molecule has 0 bridgehead atoms. The van der Waals surface area contributed by atoms with Gasteiger partial charge in [-0.15, -0.1) is 0 Å². The first-order valence-electron chi connectivity index (χ1n) is 9.13. The predicted octanol–water partition coefficient (Wildman–Crippen LogP) is 3.18. The molecule has 1 aliphatic carbocycles. The van der Waals surface area contributed by atoms with Crippen LogP contribution in [0.3, 0.4) is 0 Å². The van der Waals surface area contributed by atoms with Crippen LogP contribution in [-0.2, 0) is 16.1 Å². The molecule has 1 saturated carbocycles. The van der Waals surface area contributed by atoms with Crippen molar-refractivity contribution in [1.82, 2.24) is 10.2 Å². The summed E-state index contributed by atoms with van der Waals surface area (Å²) in [6, 6.07) is 8.15. The molecule has 3 rings (SSSR count). The molecule has 1 unspecified atom stereocenters. The normalized spacial score (nSPS) is 23.8. The summed E-state index contributed by atoms with van der Waals surface area (Å²) in [6.45, 7) is 5.17. The second-order valence-electron chi connectivity index (χ2n) is 7.59. The fourth-order valence-electron chi connectivity index (χ4n) is 3.85. The lowest BCUT2D eigenvalue weighted by Crippen LogP contribution is -2.67. The smallest absolute Gasteiger partial charge is 0.246 e. The third kappa shape index (κ3) is 3.47. The molecule has 1 aromatic rings. The van der Waals surface area contributed by atoms with Crippen LogP contribution in [0.2, 0.25) is 0 Å². The highest BCUT2D eigenvalue weighted by atomic mass is 16.2. The van der Waals surface area contributed by atoms with Crippen LogP contribution in [0.5, 0.6) is 0 Å². The maximum atomic E-state index is 12.6. The Balaban J connectivity index is 1.54. The minimum Gasteiger partial charge on any atom is -0.350 e. The summed E-state index contributed by atoms with van der Waals surface area (Å²) in [5, 5.41) is 3.01. The Kier molecular flexibility index (Phi) is 4.93. The van der Waals surface area contributed by atoms with Crippen LogP contribution >= 0.6 is 0 Å². The third-order valence-electron chi connectivity index (χ3n) is 5.72. The summed E-state index contributed by atoms with van der Waals surface area (Å²) in [4.78, 5) is 27.0. The maximum Gasteiger partial charge on any atom is 0.246 e. The Labute approximate surface area is 144 Å². The largest absolute Gasteiger partial charge is 0.350 e. The number of carbonyl (C=O) groups is 2. The maximum absolute atomic E-state index is 12.6. The molecule has 2 aliphatic rings. The second kappa shape index (κ2) is 6.96. The molecule has 1 saturated heterocycles. The van der Waals surface area contributed by atoms with E-state index in [1.807, 2.05) is 38.1 Å². The lowest BCUT2D eigenvalue weighted by atomic mass is 9.84. The first-order valence-corrected chi connectivity index (χ1v) is 9.13. The van der Waals surface area contributed by atoms with E-state index in [0.29, 0.717) is 25.4 Å². The van der Waals surface area contributed by atoms with Crippen molar-refractivity contribution in [1.29, 1.82) is 0 Å². The number of rotatable bonds is 5. The number of aryl methyl sites for hydroxylation is 1. The van der Waals surface area contributed by atoms with Gasteiger partial charge in [-0.3, -0.25) is 9.59 Å². The zero-order chi connectivity index (χ0) is 17.2. The van der Waals surface area contributed by atoms with Crippen LogP contribution in [0, 0.1) is 12.8 Å². The van der Waals surface area contributed by atoms with Gasteiger partial charge in [0.2, 0.25) is 11.8 Å². The predicted molar refractivity (Wildman–Crippen MR) is 94.3 cm³/mol. The van der Waals surface area contributed by atoms with Crippen molar-refractivity contribution in [2.45, 2.75) is 64.5 Å². The molecule has 2 amide bonds. The highest BCUT2D eigenvalue weighted by molar-refractivity contribution is 5.92. The van der Waals surface area contributed by atoms with E-state index in [1.54, 1.807) is 4.90 Å². The fourth-order valence-corrected chi connectivity index (χ4v) is 3.85. The quantitative estimate of drug-likeness (QED) is 0.902. The van der Waals surface area contributed by atoms with Crippen LogP contribution in [-0.4, -0.2) is 28.8 Å². The van der Waals surface area contributed by atoms with Crippen LogP contribution in [0.25, 0.3) is 0 Å². The number of likely N-dealkylation sites (tertiary alicyclic amines) is 1. The molecule has 0 aromatic heterocycles. The lowest BCUT2D eigenvalue weighted by molar-refractivity contribution is -0.158. The monoisotopic (exact) mass is 328 g/mol. The van der Waals surface area contributed by atoms with Gasteiger partial charge >= 0.3 is 0 Å². The van der Waals surface area contributed by atoms with Crippen molar-refractivity contribution < 1.29 is 9.59 Å². The molecule has 1 heterocycles. The van der Waals surface area contributed by atoms with Gasteiger partial charge in [0.05, 0.1) is 0 Å². The van der Waals surface area contributed by atoms with Crippen molar-refractivity contribution in [2.75, 3.05) is 6.54 Å². The van der Waals surface area contributed by atoms with E-state index in [4.69, 9.17) is 0 Å². The Morgan fingerprint density at radius 2 is 1.88 bits per heavy atom. The number of nitrogens with one attached hydrogen (secondary N) is 1. The molecule has 0 spiro atoms.